The number of carbonyl (C=O) groups is 2. The van der Waals surface area contributed by atoms with E-state index in [1.165, 1.54) is 6.07 Å². The summed E-state index contributed by atoms with van der Waals surface area (Å²) >= 11 is 8.33. The van der Waals surface area contributed by atoms with Crippen LogP contribution in [0, 0.1) is 0 Å². The Morgan fingerprint density at radius 1 is 1.30 bits per heavy atom. The minimum atomic E-state index is -2.12. The summed E-state index contributed by atoms with van der Waals surface area (Å²) in [6.45, 7) is 1.47. The first-order valence-electron chi connectivity index (χ1n) is 6.16. The molecule has 0 aromatic heterocycles. The van der Waals surface area contributed by atoms with Gasteiger partial charge < -0.3 is 10.2 Å². The van der Waals surface area contributed by atoms with E-state index in [4.69, 9.17) is 11.6 Å². The third kappa shape index (κ3) is 3.70. The first-order valence-corrected chi connectivity index (χ1v) is 7.39. The van der Waals surface area contributed by atoms with Crippen LogP contribution in [0.15, 0.2) is 22.7 Å². The molecule has 1 aliphatic rings. The number of rotatable bonds is 3. The van der Waals surface area contributed by atoms with Crippen LogP contribution in [0.4, 0.5) is 10.1 Å². The SMILES string of the molecule is O=C(Nc1cc(Br)cc(C(=O)N2CCCC2)c1)C(F)Cl. The number of nitrogens with zero attached hydrogens (tertiary/aromatic N) is 1. The Labute approximate surface area is 129 Å². The third-order valence-corrected chi connectivity index (χ3v) is 3.66. The van der Waals surface area contributed by atoms with E-state index in [2.05, 4.69) is 21.2 Å². The van der Waals surface area contributed by atoms with Crippen LogP contribution in [0.1, 0.15) is 23.2 Å². The van der Waals surface area contributed by atoms with Crippen molar-refractivity contribution in [1.82, 2.24) is 4.90 Å². The van der Waals surface area contributed by atoms with Gasteiger partial charge >= 0.3 is 0 Å². The topological polar surface area (TPSA) is 49.4 Å². The Morgan fingerprint density at radius 2 is 1.95 bits per heavy atom. The Hall–Kier alpha value is -1.14. The van der Waals surface area contributed by atoms with Gasteiger partial charge in [0, 0.05) is 28.8 Å². The number of hydrogen-bond acceptors (Lipinski definition) is 2. The zero-order valence-corrected chi connectivity index (χ0v) is 12.9. The number of nitrogens with one attached hydrogen (secondary N) is 1. The van der Waals surface area contributed by atoms with Crippen molar-refractivity contribution in [2.45, 2.75) is 18.5 Å². The van der Waals surface area contributed by atoms with Gasteiger partial charge in [-0.1, -0.05) is 27.5 Å². The zero-order chi connectivity index (χ0) is 14.7. The average molecular weight is 364 g/mol. The van der Waals surface area contributed by atoms with Crippen molar-refractivity contribution in [2.75, 3.05) is 18.4 Å². The Kier molecular flexibility index (Phi) is 4.99. The highest BCUT2D eigenvalue weighted by Gasteiger charge is 2.21. The van der Waals surface area contributed by atoms with Gasteiger partial charge in [0.1, 0.15) is 0 Å². The predicted molar refractivity (Wildman–Crippen MR) is 78.7 cm³/mol. The van der Waals surface area contributed by atoms with Crippen molar-refractivity contribution in [3.8, 4) is 0 Å². The molecular weight excluding hydrogens is 351 g/mol. The number of carbonyl (C=O) groups excluding carboxylic acids is 2. The molecule has 1 saturated heterocycles. The largest absolute Gasteiger partial charge is 0.339 e. The highest BCUT2D eigenvalue weighted by molar-refractivity contribution is 9.10. The standard InChI is InChI=1S/C13H13BrClFN2O2/c14-9-5-8(13(20)18-3-1-2-4-18)6-10(7-9)17-12(19)11(15)16/h5-7,11H,1-4H2,(H,17,19). The molecule has 1 unspecified atom stereocenters. The van der Waals surface area contributed by atoms with Crippen molar-refractivity contribution >= 4 is 45.0 Å². The van der Waals surface area contributed by atoms with E-state index in [0.29, 0.717) is 15.7 Å². The molecular formula is C13H13BrClFN2O2. The van der Waals surface area contributed by atoms with Crippen LogP contribution < -0.4 is 5.32 Å². The second-order valence-corrected chi connectivity index (χ2v) is 5.82. The molecule has 1 heterocycles. The molecule has 4 nitrogen and oxygen atoms in total. The van der Waals surface area contributed by atoms with Crippen LogP contribution in [0.25, 0.3) is 0 Å². The van der Waals surface area contributed by atoms with Crippen LogP contribution in [-0.2, 0) is 4.79 Å². The Bertz CT molecular complexity index is 533. The van der Waals surface area contributed by atoms with Gasteiger partial charge in [0.2, 0.25) is 0 Å². The summed E-state index contributed by atoms with van der Waals surface area (Å²) < 4.78 is 13.3. The third-order valence-electron chi connectivity index (χ3n) is 3.00. The summed E-state index contributed by atoms with van der Waals surface area (Å²) in [5.41, 5.74) is -1.34. The summed E-state index contributed by atoms with van der Waals surface area (Å²) in [6, 6.07) is 4.77. The van der Waals surface area contributed by atoms with Gasteiger partial charge in [-0.2, -0.15) is 0 Å². The van der Waals surface area contributed by atoms with Gasteiger partial charge in [-0.3, -0.25) is 9.59 Å². The molecule has 1 aliphatic heterocycles. The molecule has 1 N–H and O–H groups in total. The maximum absolute atomic E-state index is 12.7. The monoisotopic (exact) mass is 362 g/mol. The van der Waals surface area contributed by atoms with Crippen molar-refractivity contribution in [1.29, 1.82) is 0 Å². The van der Waals surface area contributed by atoms with E-state index < -0.39 is 11.5 Å². The fourth-order valence-electron chi connectivity index (χ4n) is 2.08. The van der Waals surface area contributed by atoms with Crippen LogP contribution >= 0.6 is 27.5 Å². The molecule has 20 heavy (non-hydrogen) atoms. The van der Waals surface area contributed by atoms with E-state index in [9.17, 15) is 14.0 Å². The maximum Gasteiger partial charge on any atom is 0.274 e. The van der Waals surface area contributed by atoms with E-state index >= 15 is 0 Å². The normalized spacial score (nSPS) is 16.1. The lowest BCUT2D eigenvalue weighted by molar-refractivity contribution is -0.118. The van der Waals surface area contributed by atoms with Gasteiger partial charge in [0.25, 0.3) is 17.4 Å². The fraction of sp³-hybridized carbons (Fsp3) is 0.385. The molecule has 1 aromatic carbocycles. The lowest BCUT2D eigenvalue weighted by atomic mass is 10.1. The second kappa shape index (κ2) is 6.54. The van der Waals surface area contributed by atoms with Gasteiger partial charge in [0.15, 0.2) is 0 Å². The van der Waals surface area contributed by atoms with Gasteiger partial charge in [-0.25, -0.2) is 4.39 Å². The second-order valence-electron chi connectivity index (χ2n) is 4.52. The number of anilines is 1. The predicted octanol–water partition coefficient (Wildman–Crippen LogP) is 3.16. The molecule has 2 rings (SSSR count). The lowest BCUT2D eigenvalue weighted by Crippen LogP contribution is -2.27. The number of hydrogen-bond donors (Lipinski definition) is 1. The molecule has 7 heteroatoms. The van der Waals surface area contributed by atoms with Gasteiger partial charge in [-0.15, -0.1) is 0 Å². The summed E-state index contributed by atoms with van der Waals surface area (Å²) in [5.74, 6) is -1.05. The Balaban J connectivity index is 2.19. The van der Waals surface area contributed by atoms with Crippen LogP contribution in [0.2, 0.25) is 0 Å². The van der Waals surface area contributed by atoms with Crippen molar-refractivity contribution in [2.24, 2.45) is 0 Å². The summed E-state index contributed by atoms with van der Waals surface area (Å²) in [7, 11) is 0. The van der Waals surface area contributed by atoms with E-state index in [-0.39, 0.29) is 5.91 Å². The molecule has 0 radical (unpaired) electrons. The smallest absolute Gasteiger partial charge is 0.274 e. The number of alkyl halides is 2. The summed E-state index contributed by atoms with van der Waals surface area (Å²) in [6.07, 6.45) is 2.00. The zero-order valence-electron chi connectivity index (χ0n) is 10.5. The molecule has 2 amide bonds. The van der Waals surface area contributed by atoms with Crippen LogP contribution in [0.3, 0.4) is 0 Å². The lowest BCUT2D eigenvalue weighted by Gasteiger charge is -2.16. The first-order chi connectivity index (χ1) is 9.47. The summed E-state index contributed by atoms with van der Waals surface area (Å²) in [4.78, 5) is 25.3. The van der Waals surface area contributed by atoms with Gasteiger partial charge in [0.05, 0.1) is 0 Å². The Morgan fingerprint density at radius 3 is 2.55 bits per heavy atom. The van der Waals surface area contributed by atoms with E-state index in [1.54, 1.807) is 17.0 Å². The molecule has 0 aliphatic carbocycles. The molecule has 0 spiro atoms. The molecule has 0 bridgehead atoms. The van der Waals surface area contributed by atoms with Crippen LogP contribution in [0.5, 0.6) is 0 Å². The molecule has 1 aromatic rings. The van der Waals surface area contributed by atoms with Crippen LogP contribution in [-0.4, -0.2) is 35.4 Å². The fourth-order valence-corrected chi connectivity index (χ4v) is 2.63. The summed E-state index contributed by atoms with van der Waals surface area (Å²) in [5, 5.41) is 2.32. The van der Waals surface area contributed by atoms with Crippen molar-refractivity contribution in [3.05, 3.63) is 28.2 Å². The first kappa shape index (κ1) is 15.3. The molecule has 0 saturated carbocycles. The van der Waals surface area contributed by atoms with Crippen molar-refractivity contribution < 1.29 is 14.0 Å². The minimum absolute atomic E-state index is 0.0954. The highest BCUT2D eigenvalue weighted by Crippen LogP contribution is 2.22. The van der Waals surface area contributed by atoms with E-state index in [1.807, 2.05) is 0 Å². The number of benzene rings is 1. The number of likely N-dealkylation sites (tertiary alicyclic amines) is 1. The quantitative estimate of drug-likeness (QED) is 0.839. The molecule has 108 valence electrons. The van der Waals surface area contributed by atoms with Crippen molar-refractivity contribution in [3.63, 3.8) is 0 Å². The molecule has 1 atom stereocenters. The maximum atomic E-state index is 12.7. The number of halogens is 3. The number of amides is 2. The highest BCUT2D eigenvalue weighted by atomic mass is 79.9. The van der Waals surface area contributed by atoms with E-state index in [0.717, 1.165) is 25.9 Å². The average Bonchev–Trinajstić information content (AvgIpc) is 2.90. The minimum Gasteiger partial charge on any atom is -0.339 e. The molecule has 1 fully saturated rings. The van der Waals surface area contributed by atoms with Gasteiger partial charge in [-0.05, 0) is 31.0 Å².